The molecule has 1 unspecified atom stereocenters. The first kappa shape index (κ1) is 18.6. The van der Waals surface area contributed by atoms with Crippen LogP contribution >= 0.6 is 0 Å². The third kappa shape index (κ3) is 3.10. The summed E-state index contributed by atoms with van der Waals surface area (Å²) < 4.78 is 12.3. The number of fused-ring (bicyclic) bond motifs is 3. The molecule has 3 aromatic carbocycles. The van der Waals surface area contributed by atoms with E-state index in [1.165, 1.54) is 5.56 Å². The first-order chi connectivity index (χ1) is 14.6. The van der Waals surface area contributed by atoms with Gasteiger partial charge in [0, 0.05) is 12.6 Å². The van der Waals surface area contributed by atoms with Crippen LogP contribution < -0.4 is 10.2 Å². The van der Waals surface area contributed by atoms with Crippen molar-refractivity contribution in [2.45, 2.75) is 26.4 Å². The van der Waals surface area contributed by atoms with E-state index in [4.69, 9.17) is 9.15 Å². The van der Waals surface area contributed by atoms with Crippen molar-refractivity contribution in [2.24, 2.45) is 0 Å². The van der Waals surface area contributed by atoms with Crippen molar-refractivity contribution in [3.05, 3.63) is 99.9 Å². The van der Waals surface area contributed by atoms with E-state index in [0.29, 0.717) is 35.6 Å². The molecule has 0 radical (unpaired) electrons. The SMILES string of the molecule is Cc1oc2c3c(ccc2c(=O)c1-c1ccccc1)OCN(C(C)c1ccccc1)C3. The van der Waals surface area contributed by atoms with Crippen molar-refractivity contribution in [1.82, 2.24) is 4.90 Å². The van der Waals surface area contributed by atoms with E-state index in [2.05, 4.69) is 24.0 Å². The molecule has 0 bridgehead atoms. The largest absolute Gasteiger partial charge is 0.478 e. The molecule has 1 aromatic heterocycles. The van der Waals surface area contributed by atoms with E-state index in [1.807, 2.05) is 67.6 Å². The molecule has 0 amide bonds. The number of nitrogens with zero attached hydrogens (tertiary/aromatic N) is 1. The Morgan fingerprint density at radius 3 is 2.37 bits per heavy atom. The summed E-state index contributed by atoms with van der Waals surface area (Å²) in [4.78, 5) is 15.6. The zero-order chi connectivity index (χ0) is 20.7. The Morgan fingerprint density at radius 2 is 1.63 bits per heavy atom. The maximum absolute atomic E-state index is 13.4. The summed E-state index contributed by atoms with van der Waals surface area (Å²) in [5.41, 5.74) is 4.28. The van der Waals surface area contributed by atoms with Crippen LogP contribution in [0.1, 0.15) is 29.9 Å². The van der Waals surface area contributed by atoms with Crippen molar-refractivity contribution in [2.75, 3.05) is 6.73 Å². The van der Waals surface area contributed by atoms with Gasteiger partial charge in [0.1, 0.15) is 23.8 Å². The monoisotopic (exact) mass is 397 g/mol. The predicted octanol–water partition coefficient (Wildman–Crippen LogP) is 5.68. The summed E-state index contributed by atoms with van der Waals surface area (Å²) in [7, 11) is 0. The summed E-state index contributed by atoms with van der Waals surface area (Å²) >= 11 is 0. The van der Waals surface area contributed by atoms with Crippen molar-refractivity contribution in [3.8, 4) is 16.9 Å². The number of hydrogen-bond donors (Lipinski definition) is 0. The summed E-state index contributed by atoms with van der Waals surface area (Å²) in [5.74, 6) is 1.41. The fourth-order valence-corrected chi connectivity index (χ4v) is 4.22. The molecule has 1 atom stereocenters. The lowest BCUT2D eigenvalue weighted by Gasteiger charge is -2.34. The number of benzene rings is 3. The maximum Gasteiger partial charge on any atom is 0.200 e. The molecular weight excluding hydrogens is 374 g/mol. The summed E-state index contributed by atoms with van der Waals surface area (Å²) in [6.45, 7) is 5.19. The van der Waals surface area contributed by atoms with Gasteiger partial charge in [-0.25, -0.2) is 0 Å². The zero-order valence-electron chi connectivity index (χ0n) is 17.1. The highest BCUT2D eigenvalue weighted by molar-refractivity contribution is 5.86. The van der Waals surface area contributed by atoms with Crippen LogP contribution in [-0.4, -0.2) is 11.6 Å². The van der Waals surface area contributed by atoms with Crippen molar-refractivity contribution in [3.63, 3.8) is 0 Å². The van der Waals surface area contributed by atoms with Crippen molar-refractivity contribution in [1.29, 1.82) is 0 Å². The minimum absolute atomic E-state index is 0.00372. The molecule has 2 heterocycles. The van der Waals surface area contributed by atoms with Gasteiger partial charge in [-0.05, 0) is 37.1 Å². The van der Waals surface area contributed by atoms with Gasteiger partial charge in [0.05, 0.1) is 16.5 Å². The molecule has 0 saturated heterocycles. The van der Waals surface area contributed by atoms with Gasteiger partial charge in [0.25, 0.3) is 0 Å². The maximum atomic E-state index is 13.4. The second kappa shape index (κ2) is 7.47. The van der Waals surface area contributed by atoms with Crippen molar-refractivity contribution >= 4 is 11.0 Å². The molecular formula is C26H23NO3. The topological polar surface area (TPSA) is 42.7 Å². The molecule has 5 rings (SSSR count). The number of hydrogen-bond acceptors (Lipinski definition) is 4. The Labute approximate surface area is 175 Å². The predicted molar refractivity (Wildman–Crippen MR) is 119 cm³/mol. The molecule has 4 nitrogen and oxygen atoms in total. The van der Waals surface area contributed by atoms with Crippen LogP contribution in [0.25, 0.3) is 22.1 Å². The molecule has 0 fully saturated rings. The fourth-order valence-electron chi connectivity index (χ4n) is 4.22. The van der Waals surface area contributed by atoms with Crippen LogP contribution in [0, 0.1) is 6.92 Å². The molecule has 0 spiro atoms. The Hall–Kier alpha value is -3.37. The Bertz CT molecular complexity index is 1260. The number of ether oxygens (including phenoxy) is 1. The normalized spacial score (nSPS) is 14.9. The van der Waals surface area contributed by atoms with Gasteiger partial charge in [-0.15, -0.1) is 0 Å². The number of aryl methyl sites for hydroxylation is 1. The summed E-state index contributed by atoms with van der Waals surface area (Å²) in [6.07, 6.45) is 0. The quantitative estimate of drug-likeness (QED) is 0.446. The molecule has 0 saturated carbocycles. The molecule has 1 aliphatic heterocycles. The molecule has 4 heteroatoms. The lowest BCUT2D eigenvalue weighted by molar-refractivity contribution is 0.0620. The van der Waals surface area contributed by atoms with E-state index >= 15 is 0 Å². The highest BCUT2D eigenvalue weighted by Gasteiger charge is 2.26. The minimum atomic E-state index is -0.00372. The van der Waals surface area contributed by atoms with Crippen molar-refractivity contribution < 1.29 is 9.15 Å². The minimum Gasteiger partial charge on any atom is -0.478 e. The van der Waals surface area contributed by atoms with E-state index in [0.717, 1.165) is 16.9 Å². The van der Waals surface area contributed by atoms with Crippen LogP contribution in [0.15, 0.2) is 82.0 Å². The summed E-state index contributed by atoms with van der Waals surface area (Å²) in [5, 5.41) is 0.594. The first-order valence-electron chi connectivity index (χ1n) is 10.2. The van der Waals surface area contributed by atoms with Gasteiger partial charge in [0.2, 0.25) is 5.43 Å². The molecule has 1 aliphatic rings. The Balaban J connectivity index is 1.60. The number of rotatable bonds is 3. The lowest BCUT2D eigenvalue weighted by atomic mass is 10.00. The molecule has 30 heavy (non-hydrogen) atoms. The third-order valence-electron chi connectivity index (χ3n) is 5.94. The lowest BCUT2D eigenvalue weighted by Crippen LogP contribution is -2.34. The third-order valence-corrected chi connectivity index (χ3v) is 5.94. The van der Waals surface area contributed by atoms with Crippen LogP contribution in [0.5, 0.6) is 5.75 Å². The van der Waals surface area contributed by atoms with Gasteiger partial charge in [0.15, 0.2) is 0 Å². The second-order valence-corrected chi connectivity index (χ2v) is 7.75. The average molecular weight is 397 g/mol. The van der Waals surface area contributed by atoms with Crippen LogP contribution in [-0.2, 0) is 6.54 Å². The van der Waals surface area contributed by atoms with Gasteiger partial charge >= 0.3 is 0 Å². The van der Waals surface area contributed by atoms with Gasteiger partial charge < -0.3 is 9.15 Å². The highest BCUT2D eigenvalue weighted by atomic mass is 16.5. The second-order valence-electron chi connectivity index (χ2n) is 7.75. The summed E-state index contributed by atoms with van der Waals surface area (Å²) in [6, 6.07) is 24.0. The fraction of sp³-hybridized carbons (Fsp3) is 0.192. The zero-order valence-corrected chi connectivity index (χ0v) is 17.1. The molecule has 0 aliphatic carbocycles. The van der Waals surface area contributed by atoms with Crippen LogP contribution in [0.4, 0.5) is 0 Å². The molecule has 150 valence electrons. The van der Waals surface area contributed by atoms with E-state index < -0.39 is 0 Å². The smallest absolute Gasteiger partial charge is 0.200 e. The Morgan fingerprint density at radius 1 is 0.933 bits per heavy atom. The van der Waals surface area contributed by atoms with E-state index in [1.54, 1.807) is 0 Å². The average Bonchev–Trinajstić information content (AvgIpc) is 2.79. The van der Waals surface area contributed by atoms with Crippen LogP contribution in [0.2, 0.25) is 0 Å². The highest BCUT2D eigenvalue weighted by Crippen LogP contribution is 2.36. The van der Waals surface area contributed by atoms with Crippen LogP contribution in [0.3, 0.4) is 0 Å². The van der Waals surface area contributed by atoms with E-state index in [9.17, 15) is 4.79 Å². The van der Waals surface area contributed by atoms with Gasteiger partial charge in [-0.3, -0.25) is 9.69 Å². The van der Waals surface area contributed by atoms with E-state index in [-0.39, 0.29) is 11.5 Å². The van der Waals surface area contributed by atoms with Gasteiger partial charge in [-0.2, -0.15) is 0 Å². The Kier molecular flexibility index (Phi) is 4.64. The standard InChI is InChI=1S/C26H23NO3/c1-17(19-9-5-3-6-10-19)27-15-22-23(29-16-27)14-13-21-25(28)24(18(2)30-26(21)22)20-11-7-4-8-12-20/h3-14,17H,15-16H2,1-2H3. The van der Waals surface area contributed by atoms with Gasteiger partial charge in [-0.1, -0.05) is 60.7 Å². The molecule has 4 aromatic rings. The first-order valence-corrected chi connectivity index (χ1v) is 10.2. The molecule has 0 N–H and O–H groups in total.